The van der Waals surface area contributed by atoms with Crippen molar-refractivity contribution in [1.82, 2.24) is 10.2 Å². The molecule has 1 unspecified atom stereocenters. The molecule has 0 bridgehead atoms. The Morgan fingerprint density at radius 2 is 1.71 bits per heavy atom. The SMILES string of the molecule is CC(C)NC(=O)C1(N)CC(C(=O)O)=Cc2cc(-c3ccc(C(=O)N4CCCC4)cc3)ccc2N1. The van der Waals surface area contributed by atoms with Crippen LogP contribution in [0.2, 0.25) is 0 Å². The molecule has 5 N–H and O–H groups in total. The summed E-state index contributed by atoms with van der Waals surface area (Å²) >= 11 is 0. The Balaban J connectivity index is 1.64. The maximum Gasteiger partial charge on any atom is 0.331 e. The lowest BCUT2D eigenvalue weighted by molar-refractivity contribution is -0.133. The number of carbonyl (C=O) groups is 3. The average molecular weight is 463 g/mol. The van der Waals surface area contributed by atoms with Gasteiger partial charge in [-0.3, -0.25) is 9.59 Å². The highest BCUT2D eigenvalue weighted by Crippen LogP contribution is 2.33. The van der Waals surface area contributed by atoms with Crippen LogP contribution < -0.4 is 16.4 Å². The quantitative estimate of drug-likeness (QED) is 0.541. The molecule has 0 spiro atoms. The van der Waals surface area contributed by atoms with Crippen LogP contribution in [0.1, 0.15) is 49.0 Å². The minimum absolute atomic E-state index is 0.0383. The molecular formula is C26H30N4O4. The third kappa shape index (κ3) is 4.82. The Bertz CT molecular complexity index is 1150. The van der Waals surface area contributed by atoms with E-state index in [1.165, 1.54) is 0 Å². The third-order valence-electron chi connectivity index (χ3n) is 6.17. The number of carboxylic acids is 1. The van der Waals surface area contributed by atoms with E-state index in [1.54, 1.807) is 12.1 Å². The number of hydrogen-bond acceptors (Lipinski definition) is 5. The number of carboxylic acid groups (broad SMARTS) is 1. The van der Waals surface area contributed by atoms with Gasteiger partial charge in [-0.05, 0) is 73.7 Å². The number of benzene rings is 2. The number of anilines is 1. The zero-order valence-electron chi connectivity index (χ0n) is 19.4. The van der Waals surface area contributed by atoms with Gasteiger partial charge < -0.3 is 26.4 Å². The van der Waals surface area contributed by atoms with Gasteiger partial charge >= 0.3 is 5.97 Å². The minimum Gasteiger partial charge on any atom is -0.478 e. The predicted molar refractivity (Wildman–Crippen MR) is 131 cm³/mol. The van der Waals surface area contributed by atoms with Crippen molar-refractivity contribution in [2.24, 2.45) is 5.73 Å². The van der Waals surface area contributed by atoms with E-state index in [2.05, 4.69) is 10.6 Å². The maximum atomic E-state index is 12.8. The van der Waals surface area contributed by atoms with Crippen LogP contribution in [0, 0.1) is 0 Å². The smallest absolute Gasteiger partial charge is 0.331 e. The van der Waals surface area contributed by atoms with E-state index in [-0.39, 0.29) is 23.9 Å². The molecule has 0 aromatic heterocycles. The molecular weight excluding hydrogens is 432 g/mol. The first-order chi connectivity index (χ1) is 16.2. The van der Waals surface area contributed by atoms with Crippen molar-refractivity contribution in [1.29, 1.82) is 0 Å². The van der Waals surface area contributed by atoms with Crippen molar-refractivity contribution in [3.05, 3.63) is 59.2 Å². The number of amides is 2. The van der Waals surface area contributed by atoms with Gasteiger partial charge in [-0.15, -0.1) is 0 Å². The van der Waals surface area contributed by atoms with Crippen LogP contribution in [0.15, 0.2) is 48.0 Å². The Labute approximate surface area is 198 Å². The fraction of sp³-hybridized carbons (Fsp3) is 0.346. The molecule has 1 saturated heterocycles. The van der Waals surface area contributed by atoms with Crippen molar-refractivity contribution in [3.63, 3.8) is 0 Å². The van der Waals surface area contributed by atoms with E-state index in [9.17, 15) is 19.5 Å². The average Bonchev–Trinajstić information content (AvgIpc) is 3.28. The molecule has 178 valence electrons. The van der Waals surface area contributed by atoms with Crippen molar-refractivity contribution >= 4 is 29.5 Å². The molecule has 0 saturated carbocycles. The Morgan fingerprint density at radius 1 is 1.06 bits per heavy atom. The first-order valence-corrected chi connectivity index (χ1v) is 11.5. The minimum atomic E-state index is -1.60. The number of likely N-dealkylation sites (tertiary alicyclic amines) is 1. The summed E-state index contributed by atoms with van der Waals surface area (Å²) < 4.78 is 0. The highest BCUT2D eigenvalue weighted by atomic mass is 16.4. The van der Waals surface area contributed by atoms with Gasteiger partial charge in [-0.25, -0.2) is 4.79 Å². The molecule has 0 radical (unpaired) electrons. The second kappa shape index (κ2) is 9.30. The summed E-state index contributed by atoms with van der Waals surface area (Å²) in [6.45, 7) is 5.23. The standard InChI is InChI=1S/C26H30N4O4/c1-16(2)28-25(34)26(27)15-21(24(32)33)14-20-13-19(9-10-22(20)29-26)17-5-7-18(8-6-17)23(31)30-11-3-4-12-30/h5-10,13-14,16,29H,3-4,11-12,15,27H2,1-2H3,(H,28,34)(H,32,33). The van der Waals surface area contributed by atoms with Crippen molar-refractivity contribution in [2.75, 3.05) is 18.4 Å². The van der Waals surface area contributed by atoms with E-state index in [1.807, 2.05) is 55.1 Å². The van der Waals surface area contributed by atoms with Crippen molar-refractivity contribution < 1.29 is 19.5 Å². The van der Waals surface area contributed by atoms with E-state index >= 15 is 0 Å². The van der Waals surface area contributed by atoms with Gasteiger partial charge in [0, 0.05) is 42.4 Å². The summed E-state index contributed by atoms with van der Waals surface area (Å²) in [6.07, 6.45) is 3.47. The summed E-state index contributed by atoms with van der Waals surface area (Å²) in [4.78, 5) is 39.2. The highest BCUT2D eigenvalue weighted by molar-refractivity contribution is 5.99. The lowest BCUT2D eigenvalue weighted by Gasteiger charge is -2.30. The molecule has 1 atom stereocenters. The van der Waals surface area contributed by atoms with E-state index in [0.717, 1.165) is 37.1 Å². The molecule has 4 rings (SSSR count). The lowest BCUT2D eigenvalue weighted by atomic mass is 9.98. The zero-order valence-corrected chi connectivity index (χ0v) is 19.4. The normalized spacial score (nSPS) is 19.6. The number of fused-ring (bicyclic) bond motifs is 1. The maximum absolute atomic E-state index is 12.8. The summed E-state index contributed by atoms with van der Waals surface area (Å²) in [5.74, 6) is -1.55. The fourth-order valence-electron chi connectivity index (χ4n) is 4.37. The van der Waals surface area contributed by atoms with E-state index in [4.69, 9.17) is 5.73 Å². The molecule has 8 heteroatoms. The Kier molecular flexibility index (Phi) is 6.43. The number of hydrogen-bond donors (Lipinski definition) is 4. The second-order valence-electron chi connectivity index (χ2n) is 9.25. The summed E-state index contributed by atoms with van der Waals surface area (Å²) in [7, 11) is 0. The zero-order chi connectivity index (χ0) is 24.5. The van der Waals surface area contributed by atoms with Gasteiger partial charge in [0.05, 0.1) is 0 Å². The van der Waals surface area contributed by atoms with Crippen LogP contribution >= 0.6 is 0 Å². The van der Waals surface area contributed by atoms with E-state index < -0.39 is 17.5 Å². The van der Waals surface area contributed by atoms with Gasteiger partial charge in [0.25, 0.3) is 11.8 Å². The van der Waals surface area contributed by atoms with Crippen LogP contribution in [0.3, 0.4) is 0 Å². The number of rotatable bonds is 5. The van der Waals surface area contributed by atoms with Gasteiger partial charge in [0.1, 0.15) is 0 Å². The van der Waals surface area contributed by atoms with Crippen LogP contribution in [0.4, 0.5) is 5.69 Å². The molecule has 2 aromatic rings. The first kappa shape index (κ1) is 23.5. The molecule has 34 heavy (non-hydrogen) atoms. The van der Waals surface area contributed by atoms with Crippen LogP contribution in [-0.4, -0.2) is 52.6 Å². The Morgan fingerprint density at radius 3 is 2.32 bits per heavy atom. The van der Waals surface area contributed by atoms with Crippen LogP contribution in [0.5, 0.6) is 0 Å². The topological polar surface area (TPSA) is 125 Å². The molecule has 1 fully saturated rings. The van der Waals surface area contributed by atoms with Gasteiger partial charge in [0.15, 0.2) is 5.66 Å². The monoisotopic (exact) mass is 462 g/mol. The third-order valence-corrected chi connectivity index (χ3v) is 6.17. The van der Waals surface area contributed by atoms with Crippen molar-refractivity contribution in [2.45, 2.75) is 44.8 Å². The summed E-state index contributed by atoms with van der Waals surface area (Å²) in [5.41, 5.74) is 8.42. The number of nitrogens with one attached hydrogen (secondary N) is 2. The van der Waals surface area contributed by atoms with Crippen LogP contribution in [0.25, 0.3) is 17.2 Å². The molecule has 2 heterocycles. The van der Waals surface area contributed by atoms with Gasteiger partial charge in [-0.1, -0.05) is 18.2 Å². The van der Waals surface area contributed by atoms with Gasteiger partial charge in [-0.2, -0.15) is 0 Å². The number of nitrogens with zero attached hydrogens (tertiary/aromatic N) is 1. The van der Waals surface area contributed by atoms with Gasteiger partial charge in [0.2, 0.25) is 0 Å². The van der Waals surface area contributed by atoms with Crippen molar-refractivity contribution in [3.8, 4) is 11.1 Å². The second-order valence-corrected chi connectivity index (χ2v) is 9.25. The predicted octanol–water partition coefficient (Wildman–Crippen LogP) is 3.05. The summed E-state index contributed by atoms with van der Waals surface area (Å²) in [5, 5.41) is 15.5. The molecule has 0 aliphatic carbocycles. The summed E-state index contributed by atoms with van der Waals surface area (Å²) in [6, 6.07) is 12.8. The molecule has 2 aliphatic heterocycles. The first-order valence-electron chi connectivity index (χ1n) is 11.5. The number of nitrogens with two attached hydrogens (primary N) is 1. The molecule has 8 nitrogen and oxygen atoms in total. The molecule has 2 aliphatic rings. The lowest BCUT2D eigenvalue weighted by Crippen LogP contribution is -2.60. The fourth-order valence-corrected chi connectivity index (χ4v) is 4.37. The molecule has 2 aromatic carbocycles. The molecule has 2 amide bonds. The highest BCUT2D eigenvalue weighted by Gasteiger charge is 2.39. The number of carbonyl (C=O) groups excluding carboxylic acids is 2. The largest absolute Gasteiger partial charge is 0.478 e. The Hall–Kier alpha value is -3.65. The number of aliphatic carboxylic acids is 1. The van der Waals surface area contributed by atoms with E-state index in [0.29, 0.717) is 16.8 Å². The van der Waals surface area contributed by atoms with Crippen LogP contribution in [-0.2, 0) is 9.59 Å².